The molecule has 3 nitrogen and oxygen atoms in total. The summed E-state index contributed by atoms with van der Waals surface area (Å²) in [5, 5.41) is 3.18. The van der Waals surface area contributed by atoms with Crippen LogP contribution in [0.3, 0.4) is 0 Å². The van der Waals surface area contributed by atoms with Crippen molar-refractivity contribution in [3.05, 3.63) is 23.8 Å². The Balaban J connectivity index is 2.32. The Bertz CT molecular complexity index is 378. The quantitative estimate of drug-likeness (QED) is 0.822. The van der Waals surface area contributed by atoms with Crippen LogP contribution in [0.1, 0.15) is 12.5 Å². The lowest BCUT2D eigenvalue weighted by Gasteiger charge is -2.39. The Morgan fingerprint density at radius 3 is 2.88 bits per heavy atom. The van der Waals surface area contributed by atoms with Gasteiger partial charge >= 0.3 is 0 Å². The van der Waals surface area contributed by atoms with Crippen LogP contribution in [-0.2, 0) is 0 Å². The number of aryl methyl sites for hydroxylation is 1. The van der Waals surface area contributed by atoms with Crippen LogP contribution in [0, 0.1) is 6.92 Å². The van der Waals surface area contributed by atoms with Crippen LogP contribution in [0.25, 0.3) is 0 Å². The molecule has 1 aromatic rings. The van der Waals surface area contributed by atoms with Gasteiger partial charge in [0, 0.05) is 13.6 Å². The molecule has 2 atom stereocenters. The van der Waals surface area contributed by atoms with E-state index in [0.29, 0.717) is 6.04 Å². The Morgan fingerprint density at radius 2 is 2.19 bits per heavy atom. The van der Waals surface area contributed by atoms with Crippen LogP contribution in [0.4, 0.5) is 5.69 Å². The van der Waals surface area contributed by atoms with Crippen LogP contribution >= 0.6 is 0 Å². The van der Waals surface area contributed by atoms with Gasteiger partial charge in [0.25, 0.3) is 0 Å². The normalized spacial score (nSPS) is 23.9. The first kappa shape index (κ1) is 11.3. The predicted molar refractivity (Wildman–Crippen MR) is 67.4 cm³/mol. The van der Waals surface area contributed by atoms with Crippen molar-refractivity contribution in [2.75, 3.05) is 25.5 Å². The van der Waals surface area contributed by atoms with E-state index in [1.54, 1.807) is 0 Å². The van der Waals surface area contributed by atoms with Gasteiger partial charge in [-0.15, -0.1) is 0 Å². The number of likely N-dealkylation sites (N-methyl/N-ethyl adjacent to an activating group) is 2. The predicted octanol–water partition coefficient (Wildman–Crippen LogP) is 1.80. The van der Waals surface area contributed by atoms with Gasteiger partial charge in [0.15, 0.2) is 0 Å². The summed E-state index contributed by atoms with van der Waals surface area (Å²) in [6.07, 6.45) is 0.213. The van der Waals surface area contributed by atoms with Crippen LogP contribution in [0.2, 0.25) is 0 Å². The van der Waals surface area contributed by atoms with E-state index >= 15 is 0 Å². The third kappa shape index (κ3) is 1.87. The fraction of sp³-hybridized carbons (Fsp3) is 0.538. The minimum Gasteiger partial charge on any atom is -0.485 e. The number of fused-ring (bicyclic) bond motifs is 1. The molecule has 1 aliphatic heterocycles. The standard InChI is InChI=1S/C13H20N2O/c1-9-5-6-12-11(7-9)15(4)10(2)13(16-12)8-14-3/h5-7,10,13-14H,8H2,1-4H3. The first-order valence-electron chi connectivity index (χ1n) is 5.78. The highest BCUT2D eigenvalue weighted by molar-refractivity contribution is 5.61. The Hall–Kier alpha value is -1.22. The maximum Gasteiger partial charge on any atom is 0.143 e. The number of hydrogen-bond acceptors (Lipinski definition) is 3. The van der Waals surface area contributed by atoms with Crippen LogP contribution < -0.4 is 15.0 Å². The zero-order valence-corrected chi connectivity index (χ0v) is 10.4. The number of nitrogens with zero attached hydrogens (tertiary/aromatic N) is 1. The number of anilines is 1. The molecule has 3 heteroatoms. The van der Waals surface area contributed by atoms with E-state index in [4.69, 9.17) is 4.74 Å². The second kappa shape index (κ2) is 4.34. The van der Waals surface area contributed by atoms with Gasteiger partial charge in [-0.1, -0.05) is 6.07 Å². The molecule has 0 saturated heterocycles. The SMILES string of the molecule is CNCC1Oc2ccc(C)cc2N(C)C1C. The summed E-state index contributed by atoms with van der Waals surface area (Å²) in [6.45, 7) is 5.19. The molecule has 0 spiro atoms. The van der Waals surface area contributed by atoms with Crippen molar-refractivity contribution >= 4 is 5.69 Å². The molecule has 1 N–H and O–H groups in total. The molecular weight excluding hydrogens is 200 g/mol. The lowest BCUT2D eigenvalue weighted by Crippen LogP contribution is -2.50. The molecule has 0 radical (unpaired) electrons. The third-order valence-corrected chi connectivity index (χ3v) is 3.33. The second-order valence-electron chi connectivity index (χ2n) is 4.54. The molecule has 1 heterocycles. The van der Waals surface area contributed by atoms with E-state index in [1.165, 1.54) is 11.3 Å². The van der Waals surface area contributed by atoms with Crippen molar-refractivity contribution in [2.45, 2.75) is 26.0 Å². The molecule has 2 unspecified atom stereocenters. The van der Waals surface area contributed by atoms with Gasteiger partial charge in [0.2, 0.25) is 0 Å². The Kier molecular flexibility index (Phi) is 3.06. The van der Waals surface area contributed by atoms with Gasteiger partial charge in [-0.05, 0) is 38.6 Å². The van der Waals surface area contributed by atoms with Gasteiger partial charge < -0.3 is 15.0 Å². The fourth-order valence-electron chi connectivity index (χ4n) is 2.15. The van der Waals surface area contributed by atoms with Crippen molar-refractivity contribution < 1.29 is 4.74 Å². The highest BCUT2D eigenvalue weighted by Gasteiger charge is 2.29. The van der Waals surface area contributed by atoms with Gasteiger partial charge in [-0.2, -0.15) is 0 Å². The molecule has 0 saturated carbocycles. The number of benzene rings is 1. The van der Waals surface area contributed by atoms with Crippen LogP contribution in [-0.4, -0.2) is 32.8 Å². The van der Waals surface area contributed by atoms with E-state index in [2.05, 4.69) is 49.3 Å². The van der Waals surface area contributed by atoms with Crippen molar-refractivity contribution in [1.82, 2.24) is 5.32 Å². The highest BCUT2D eigenvalue weighted by atomic mass is 16.5. The molecule has 0 amide bonds. The first-order chi connectivity index (χ1) is 7.63. The van der Waals surface area contributed by atoms with Crippen molar-refractivity contribution in [3.8, 4) is 5.75 Å². The molecular formula is C13H20N2O. The lowest BCUT2D eigenvalue weighted by atomic mass is 10.1. The van der Waals surface area contributed by atoms with Crippen LogP contribution in [0.15, 0.2) is 18.2 Å². The summed E-state index contributed by atoms with van der Waals surface area (Å²) < 4.78 is 6.01. The van der Waals surface area contributed by atoms with E-state index in [-0.39, 0.29) is 6.10 Å². The topological polar surface area (TPSA) is 24.5 Å². The smallest absolute Gasteiger partial charge is 0.143 e. The Labute approximate surface area is 97.4 Å². The van der Waals surface area contributed by atoms with Gasteiger partial charge in [-0.3, -0.25) is 0 Å². The molecule has 1 aromatic carbocycles. The highest BCUT2D eigenvalue weighted by Crippen LogP contribution is 2.35. The molecule has 1 aliphatic rings. The largest absolute Gasteiger partial charge is 0.485 e. The number of nitrogens with one attached hydrogen (secondary N) is 1. The number of hydrogen-bond donors (Lipinski definition) is 1. The van der Waals surface area contributed by atoms with Gasteiger partial charge in [0.05, 0.1) is 11.7 Å². The van der Waals surface area contributed by atoms with E-state index in [1.807, 2.05) is 7.05 Å². The second-order valence-corrected chi connectivity index (χ2v) is 4.54. The summed E-state index contributed by atoms with van der Waals surface area (Å²) in [7, 11) is 4.09. The molecule has 0 bridgehead atoms. The van der Waals surface area contributed by atoms with E-state index < -0.39 is 0 Å². The Morgan fingerprint density at radius 1 is 1.44 bits per heavy atom. The summed E-state index contributed by atoms with van der Waals surface area (Å²) >= 11 is 0. The molecule has 2 rings (SSSR count). The summed E-state index contributed by atoms with van der Waals surface area (Å²) in [5.74, 6) is 0.992. The zero-order chi connectivity index (χ0) is 11.7. The minimum atomic E-state index is 0.213. The fourth-order valence-corrected chi connectivity index (χ4v) is 2.15. The van der Waals surface area contributed by atoms with E-state index in [0.717, 1.165) is 12.3 Å². The summed E-state index contributed by atoms with van der Waals surface area (Å²) in [4.78, 5) is 2.30. The lowest BCUT2D eigenvalue weighted by molar-refractivity contribution is 0.160. The molecule has 0 aliphatic carbocycles. The maximum absolute atomic E-state index is 6.01. The average molecular weight is 220 g/mol. The molecule has 0 aromatic heterocycles. The van der Waals surface area contributed by atoms with E-state index in [9.17, 15) is 0 Å². The molecule has 0 fully saturated rings. The third-order valence-electron chi connectivity index (χ3n) is 3.33. The zero-order valence-electron chi connectivity index (χ0n) is 10.4. The van der Waals surface area contributed by atoms with Crippen molar-refractivity contribution in [1.29, 1.82) is 0 Å². The van der Waals surface area contributed by atoms with Gasteiger partial charge in [-0.25, -0.2) is 0 Å². The summed E-state index contributed by atoms with van der Waals surface area (Å²) in [6, 6.07) is 6.73. The first-order valence-corrected chi connectivity index (χ1v) is 5.78. The van der Waals surface area contributed by atoms with Crippen molar-refractivity contribution in [3.63, 3.8) is 0 Å². The van der Waals surface area contributed by atoms with Crippen molar-refractivity contribution in [2.24, 2.45) is 0 Å². The summed E-state index contributed by atoms with van der Waals surface area (Å²) in [5.41, 5.74) is 2.47. The molecule has 88 valence electrons. The van der Waals surface area contributed by atoms with Crippen LogP contribution in [0.5, 0.6) is 5.75 Å². The minimum absolute atomic E-state index is 0.213. The van der Waals surface area contributed by atoms with Gasteiger partial charge in [0.1, 0.15) is 11.9 Å². The number of ether oxygens (including phenoxy) is 1. The molecule has 16 heavy (non-hydrogen) atoms. The number of rotatable bonds is 2. The average Bonchev–Trinajstić information content (AvgIpc) is 2.27. The maximum atomic E-state index is 6.01. The monoisotopic (exact) mass is 220 g/mol.